The Kier molecular flexibility index (Phi) is 7.66. The van der Waals surface area contributed by atoms with Gasteiger partial charge in [-0.05, 0) is 49.6 Å². The molecule has 0 aliphatic carbocycles. The van der Waals surface area contributed by atoms with Crippen molar-refractivity contribution in [1.82, 2.24) is 5.32 Å². The summed E-state index contributed by atoms with van der Waals surface area (Å²) in [6.07, 6.45) is 0. The van der Waals surface area contributed by atoms with E-state index in [1.54, 1.807) is 32.0 Å². The number of rotatable bonds is 7. The van der Waals surface area contributed by atoms with Crippen molar-refractivity contribution in [2.45, 2.75) is 27.3 Å². The number of anilines is 1. The lowest BCUT2D eigenvalue weighted by molar-refractivity contribution is 0.0527. The number of benzene rings is 2. The number of esters is 1. The van der Waals surface area contributed by atoms with Crippen LogP contribution in [0, 0.1) is 13.8 Å². The number of hydrogen-bond donors (Lipinski definition) is 2. The van der Waals surface area contributed by atoms with Gasteiger partial charge in [-0.3, -0.25) is 9.59 Å². The molecule has 2 amide bonds. The molecule has 0 fully saturated rings. The van der Waals surface area contributed by atoms with Crippen molar-refractivity contribution in [1.29, 1.82) is 0 Å². The number of carbonyl (C=O) groups excluding carboxylic acids is 3. The molecule has 1 heterocycles. The lowest BCUT2D eigenvalue weighted by atomic mass is 10.1. The molecule has 166 valence electrons. The Balaban J connectivity index is 1.88. The van der Waals surface area contributed by atoms with E-state index in [4.69, 9.17) is 16.3 Å². The molecule has 6 nitrogen and oxygen atoms in total. The van der Waals surface area contributed by atoms with Gasteiger partial charge in [0.05, 0.1) is 17.0 Å². The fourth-order valence-corrected chi connectivity index (χ4v) is 4.32. The van der Waals surface area contributed by atoms with Crippen LogP contribution >= 0.6 is 22.9 Å². The Bertz CT molecular complexity index is 1160. The SMILES string of the molecule is CCOC(=O)c1c(NC(=O)c2ccc(C)c(Cl)c2)sc(C(=O)NCc2ccccc2)c1C. The van der Waals surface area contributed by atoms with E-state index in [-0.39, 0.29) is 23.1 Å². The number of carbonyl (C=O) groups is 3. The largest absolute Gasteiger partial charge is 0.462 e. The second-order valence-electron chi connectivity index (χ2n) is 7.07. The number of halogens is 1. The summed E-state index contributed by atoms with van der Waals surface area (Å²) in [5, 5.41) is 6.32. The van der Waals surface area contributed by atoms with Crippen LogP contribution in [0.1, 0.15) is 54.0 Å². The summed E-state index contributed by atoms with van der Waals surface area (Å²) in [4.78, 5) is 38.6. The molecule has 1 aromatic heterocycles. The van der Waals surface area contributed by atoms with E-state index >= 15 is 0 Å². The van der Waals surface area contributed by atoms with Crippen molar-refractivity contribution in [3.63, 3.8) is 0 Å². The average Bonchev–Trinajstić information content (AvgIpc) is 3.10. The minimum absolute atomic E-state index is 0.171. The molecule has 0 aliphatic rings. The second kappa shape index (κ2) is 10.4. The first-order valence-electron chi connectivity index (χ1n) is 10.0. The minimum Gasteiger partial charge on any atom is -0.462 e. The third-order valence-electron chi connectivity index (χ3n) is 4.79. The molecule has 0 bridgehead atoms. The minimum atomic E-state index is -0.597. The molecule has 2 aromatic carbocycles. The van der Waals surface area contributed by atoms with Crippen LogP contribution in [0.25, 0.3) is 0 Å². The molecule has 2 N–H and O–H groups in total. The summed E-state index contributed by atoms with van der Waals surface area (Å²) < 4.78 is 5.16. The highest BCUT2D eigenvalue weighted by Crippen LogP contribution is 2.34. The Morgan fingerprint density at radius 1 is 1.03 bits per heavy atom. The zero-order valence-electron chi connectivity index (χ0n) is 18.0. The molecule has 3 rings (SSSR count). The van der Waals surface area contributed by atoms with Crippen LogP contribution in [0.3, 0.4) is 0 Å². The van der Waals surface area contributed by atoms with Crippen molar-refractivity contribution in [3.05, 3.63) is 86.2 Å². The standard InChI is InChI=1S/C24H23ClN2O4S/c1-4-31-24(30)19-15(3)20(22(29)26-13-16-8-6-5-7-9-16)32-23(19)27-21(28)17-11-10-14(2)18(25)12-17/h5-12H,4,13H2,1-3H3,(H,26,29)(H,27,28). The molecule has 0 spiro atoms. The first-order valence-corrected chi connectivity index (χ1v) is 11.2. The van der Waals surface area contributed by atoms with Crippen molar-refractivity contribution < 1.29 is 19.1 Å². The second-order valence-corrected chi connectivity index (χ2v) is 8.49. The van der Waals surface area contributed by atoms with Crippen LogP contribution in [0.5, 0.6) is 0 Å². The molecular weight excluding hydrogens is 448 g/mol. The van der Waals surface area contributed by atoms with Crippen molar-refractivity contribution in [2.75, 3.05) is 11.9 Å². The highest BCUT2D eigenvalue weighted by molar-refractivity contribution is 7.18. The zero-order valence-corrected chi connectivity index (χ0v) is 19.5. The summed E-state index contributed by atoms with van der Waals surface area (Å²) in [7, 11) is 0. The van der Waals surface area contributed by atoms with Crippen LogP contribution in [-0.2, 0) is 11.3 Å². The van der Waals surface area contributed by atoms with Gasteiger partial charge in [-0.2, -0.15) is 0 Å². The van der Waals surface area contributed by atoms with Crippen molar-refractivity contribution >= 4 is 45.7 Å². The van der Waals surface area contributed by atoms with Crippen LogP contribution in [0.2, 0.25) is 5.02 Å². The van der Waals surface area contributed by atoms with Gasteiger partial charge in [0, 0.05) is 17.1 Å². The van der Waals surface area contributed by atoms with Crippen LogP contribution in [0.15, 0.2) is 48.5 Å². The van der Waals surface area contributed by atoms with Gasteiger partial charge >= 0.3 is 5.97 Å². The highest BCUT2D eigenvalue weighted by Gasteiger charge is 2.27. The van der Waals surface area contributed by atoms with Gasteiger partial charge in [-0.1, -0.05) is 48.0 Å². The van der Waals surface area contributed by atoms with E-state index in [2.05, 4.69) is 10.6 Å². The number of aryl methyl sites for hydroxylation is 1. The first kappa shape index (κ1) is 23.5. The molecule has 0 atom stereocenters. The lowest BCUT2D eigenvalue weighted by Crippen LogP contribution is -2.22. The Morgan fingerprint density at radius 3 is 2.41 bits per heavy atom. The lowest BCUT2D eigenvalue weighted by Gasteiger charge is -2.08. The van der Waals surface area contributed by atoms with Gasteiger partial charge in [0.25, 0.3) is 11.8 Å². The quantitative estimate of drug-likeness (QED) is 0.454. The summed E-state index contributed by atoms with van der Waals surface area (Å²) in [5.41, 5.74) is 2.77. The Hall–Kier alpha value is -3.16. The van der Waals surface area contributed by atoms with Gasteiger partial charge in [0.15, 0.2) is 0 Å². The monoisotopic (exact) mass is 470 g/mol. The molecule has 32 heavy (non-hydrogen) atoms. The van der Waals surface area contributed by atoms with Gasteiger partial charge in [0.1, 0.15) is 5.00 Å². The van der Waals surface area contributed by atoms with Crippen LogP contribution in [0.4, 0.5) is 5.00 Å². The number of hydrogen-bond acceptors (Lipinski definition) is 5. The van der Waals surface area contributed by atoms with E-state index in [0.29, 0.717) is 27.6 Å². The maximum atomic E-state index is 12.8. The van der Waals surface area contributed by atoms with Crippen LogP contribution < -0.4 is 10.6 Å². The summed E-state index contributed by atoms with van der Waals surface area (Å²) in [6, 6.07) is 14.4. The van der Waals surface area contributed by atoms with Gasteiger partial charge < -0.3 is 15.4 Å². The molecule has 0 unspecified atom stereocenters. The third-order valence-corrected chi connectivity index (χ3v) is 6.40. The Labute approximate surface area is 195 Å². The average molecular weight is 471 g/mol. The third kappa shape index (κ3) is 5.36. The topological polar surface area (TPSA) is 84.5 Å². The predicted octanol–water partition coefficient (Wildman–Crippen LogP) is 5.38. The number of amides is 2. The smallest absolute Gasteiger partial charge is 0.341 e. The maximum absolute atomic E-state index is 12.8. The molecule has 3 aromatic rings. The van der Waals surface area contributed by atoms with E-state index in [1.165, 1.54) is 0 Å². The summed E-state index contributed by atoms with van der Waals surface area (Å²) >= 11 is 7.17. The number of nitrogens with one attached hydrogen (secondary N) is 2. The zero-order chi connectivity index (χ0) is 23.3. The fourth-order valence-electron chi connectivity index (χ4n) is 3.04. The van der Waals surface area contributed by atoms with E-state index in [1.807, 2.05) is 37.3 Å². The van der Waals surface area contributed by atoms with E-state index in [9.17, 15) is 14.4 Å². The van der Waals surface area contributed by atoms with Gasteiger partial charge in [0.2, 0.25) is 0 Å². The van der Waals surface area contributed by atoms with E-state index in [0.717, 1.165) is 22.5 Å². The Morgan fingerprint density at radius 2 is 1.75 bits per heavy atom. The molecular formula is C24H23ClN2O4S. The summed E-state index contributed by atoms with van der Waals surface area (Å²) in [6.45, 7) is 5.71. The predicted molar refractivity (Wildman–Crippen MR) is 127 cm³/mol. The summed E-state index contributed by atoms with van der Waals surface area (Å²) in [5.74, 6) is -1.36. The fraction of sp³-hybridized carbons (Fsp3) is 0.208. The molecule has 8 heteroatoms. The number of thiophene rings is 1. The van der Waals surface area contributed by atoms with Crippen molar-refractivity contribution in [3.8, 4) is 0 Å². The first-order chi connectivity index (χ1) is 15.3. The number of ether oxygens (including phenoxy) is 1. The molecule has 0 saturated heterocycles. The maximum Gasteiger partial charge on any atom is 0.341 e. The molecule has 0 radical (unpaired) electrons. The van der Waals surface area contributed by atoms with Crippen molar-refractivity contribution in [2.24, 2.45) is 0 Å². The molecule has 0 saturated carbocycles. The normalized spacial score (nSPS) is 10.5. The van der Waals surface area contributed by atoms with E-state index < -0.39 is 11.9 Å². The van der Waals surface area contributed by atoms with Gasteiger partial charge in [-0.15, -0.1) is 11.3 Å². The van der Waals surface area contributed by atoms with Crippen LogP contribution in [-0.4, -0.2) is 24.4 Å². The molecule has 0 aliphatic heterocycles. The highest BCUT2D eigenvalue weighted by atomic mass is 35.5. The van der Waals surface area contributed by atoms with Gasteiger partial charge in [-0.25, -0.2) is 4.79 Å².